The maximum Gasteiger partial charge on any atom is 0.217 e. The van der Waals surface area contributed by atoms with Gasteiger partial charge in [0.2, 0.25) is 5.91 Å². The highest BCUT2D eigenvalue weighted by atomic mass is 19.1. The van der Waals surface area contributed by atoms with Crippen LogP contribution in [0.1, 0.15) is 56.8 Å². The molecule has 0 spiro atoms. The lowest BCUT2D eigenvalue weighted by Crippen LogP contribution is -2.48. The van der Waals surface area contributed by atoms with Crippen LogP contribution < -0.4 is 15.4 Å². The lowest BCUT2D eigenvalue weighted by Gasteiger charge is -2.30. The predicted octanol–water partition coefficient (Wildman–Crippen LogP) is 3.94. The Bertz CT molecular complexity index is 926. The van der Waals surface area contributed by atoms with Crippen molar-refractivity contribution in [2.75, 3.05) is 13.2 Å². The van der Waals surface area contributed by atoms with Gasteiger partial charge >= 0.3 is 0 Å². The molecule has 0 saturated carbocycles. The van der Waals surface area contributed by atoms with Crippen LogP contribution in [0.5, 0.6) is 5.75 Å². The molecule has 1 heterocycles. The molecule has 0 aliphatic carbocycles. The average Bonchev–Trinajstić information content (AvgIpc) is 2.70. The molecule has 2 aromatic carbocycles. The van der Waals surface area contributed by atoms with E-state index < -0.39 is 12.1 Å². The molecule has 2 aromatic rings. The van der Waals surface area contributed by atoms with Crippen LogP contribution in [0.25, 0.3) is 0 Å². The molecule has 1 aliphatic rings. The number of aliphatic hydroxyl groups excluding tert-OH is 1. The van der Waals surface area contributed by atoms with Crippen LogP contribution in [-0.4, -0.2) is 36.3 Å². The Morgan fingerprint density at radius 3 is 2.69 bits per heavy atom. The van der Waals surface area contributed by atoms with Crippen molar-refractivity contribution in [3.8, 4) is 5.75 Å². The third kappa shape index (κ3) is 7.04. The standard InChI is InChI=1S/C26H35FN2O3/c1-17(30)29-23(14-18-6-5-7-20(27)12-18)24(31)16-28-22-10-11-32-25-9-8-19(13-21(22)25)15-26(2,3)4/h5-9,12-13,22-24,28,31H,10-11,14-16H2,1-4H3,(H,29,30). The minimum Gasteiger partial charge on any atom is -0.493 e. The van der Waals surface area contributed by atoms with Crippen molar-refractivity contribution in [3.63, 3.8) is 0 Å². The Balaban J connectivity index is 1.69. The quantitative estimate of drug-likeness (QED) is 0.579. The maximum atomic E-state index is 13.6. The van der Waals surface area contributed by atoms with Crippen LogP contribution >= 0.6 is 0 Å². The summed E-state index contributed by atoms with van der Waals surface area (Å²) in [5.74, 6) is 0.314. The van der Waals surface area contributed by atoms with Gasteiger partial charge in [-0.2, -0.15) is 0 Å². The summed E-state index contributed by atoms with van der Waals surface area (Å²) in [6, 6.07) is 12.1. The molecule has 1 amide bonds. The topological polar surface area (TPSA) is 70.6 Å². The zero-order valence-corrected chi connectivity index (χ0v) is 19.5. The Labute approximate surface area is 190 Å². The molecule has 5 nitrogen and oxygen atoms in total. The second kappa shape index (κ2) is 10.5. The molecular weight excluding hydrogens is 407 g/mol. The number of carbonyl (C=O) groups is 1. The highest BCUT2D eigenvalue weighted by Gasteiger charge is 2.26. The van der Waals surface area contributed by atoms with Gasteiger partial charge in [-0.15, -0.1) is 0 Å². The number of hydrogen-bond donors (Lipinski definition) is 3. The zero-order chi connectivity index (χ0) is 23.3. The van der Waals surface area contributed by atoms with Crippen LogP contribution in [0.2, 0.25) is 0 Å². The SMILES string of the molecule is CC(=O)NC(Cc1cccc(F)c1)C(O)CNC1CCOc2ccc(CC(C)(C)C)cc21. The summed E-state index contributed by atoms with van der Waals surface area (Å²) in [7, 11) is 0. The summed E-state index contributed by atoms with van der Waals surface area (Å²) < 4.78 is 19.4. The summed E-state index contributed by atoms with van der Waals surface area (Å²) in [6.07, 6.45) is 1.29. The number of aliphatic hydroxyl groups is 1. The molecule has 6 heteroatoms. The van der Waals surface area contributed by atoms with E-state index in [-0.39, 0.29) is 23.2 Å². The number of amides is 1. The predicted molar refractivity (Wildman–Crippen MR) is 124 cm³/mol. The van der Waals surface area contributed by atoms with Crippen LogP contribution in [0.3, 0.4) is 0 Å². The zero-order valence-electron chi connectivity index (χ0n) is 19.5. The first-order valence-corrected chi connectivity index (χ1v) is 11.3. The van der Waals surface area contributed by atoms with Gasteiger partial charge in [0.15, 0.2) is 0 Å². The molecule has 0 bridgehead atoms. The lowest BCUT2D eigenvalue weighted by atomic mass is 9.86. The third-order valence-corrected chi connectivity index (χ3v) is 5.62. The van der Waals surface area contributed by atoms with Crippen molar-refractivity contribution < 1.29 is 19.0 Å². The van der Waals surface area contributed by atoms with E-state index in [0.717, 1.165) is 29.7 Å². The fourth-order valence-electron chi connectivity index (χ4n) is 4.25. The summed E-state index contributed by atoms with van der Waals surface area (Å²) in [5, 5.41) is 17.1. The summed E-state index contributed by atoms with van der Waals surface area (Å²) in [4.78, 5) is 11.7. The van der Waals surface area contributed by atoms with Crippen molar-refractivity contribution in [1.29, 1.82) is 0 Å². The molecule has 0 aromatic heterocycles. The smallest absolute Gasteiger partial charge is 0.217 e. The molecule has 3 N–H and O–H groups in total. The van der Waals surface area contributed by atoms with E-state index in [1.165, 1.54) is 24.6 Å². The van der Waals surface area contributed by atoms with Crippen molar-refractivity contribution in [1.82, 2.24) is 10.6 Å². The molecule has 1 aliphatic heterocycles. The second-order valence-electron chi connectivity index (χ2n) is 9.92. The Hall–Kier alpha value is -2.44. The number of carbonyl (C=O) groups excluding carboxylic acids is 1. The van der Waals surface area contributed by atoms with Crippen LogP contribution in [0.15, 0.2) is 42.5 Å². The van der Waals surface area contributed by atoms with Gasteiger partial charge in [-0.3, -0.25) is 4.79 Å². The molecule has 3 rings (SSSR count). The van der Waals surface area contributed by atoms with Gasteiger partial charge < -0.3 is 20.5 Å². The first-order valence-electron chi connectivity index (χ1n) is 11.3. The lowest BCUT2D eigenvalue weighted by molar-refractivity contribution is -0.120. The van der Waals surface area contributed by atoms with Crippen molar-refractivity contribution in [2.24, 2.45) is 5.41 Å². The van der Waals surface area contributed by atoms with E-state index >= 15 is 0 Å². The van der Waals surface area contributed by atoms with E-state index in [1.54, 1.807) is 12.1 Å². The second-order valence-corrected chi connectivity index (χ2v) is 9.92. The van der Waals surface area contributed by atoms with Crippen LogP contribution in [0.4, 0.5) is 4.39 Å². The normalized spacial score (nSPS) is 17.8. The van der Waals surface area contributed by atoms with E-state index in [0.29, 0.717) is 19.6 Å². The average molecular weight is 443 g/mol. The maximum absolute atomic E-state index is 13.6. The summed E-state index contributed by atoms with van der Waals surface area (Å²) >= 11 is 0. The first-order chi connectivity index (χ1) is 15.1. The molecule has 32 heavy (non-hydrogen) atoms. The number of hydrogen-bond acceptors (Lipinski definition) is 4. The van der Waals surface area contributed by atoms with Crippen LogP contribution in [0, 0.1) is 11.2 Å². The van der Waals surface area contributed by atoms with Crippen molar-refractivity contribution in [2.45, 2.75) is 65.1 Å². The van der Waals surface area contributed by atoms with E-state index in [1.807, 2.05) is 6.07 Å². The third-order valence-electron chi connectivity index (χ3n) is 5.62. The highest BCUT2D eigenvalue weighted by Crippen LogP contribution is 2.34. The van der Waals surface area contributed by atoms with E-state index in [2.05, 4.69) is 43.5 Å². The fourth-order valence-corrected chi connectivity index (χ4v) is 4.25. The summed E-state index contributed by atoms with van der Waals surface area (Å²) in [5.41, 5.74) is 3.28. The minimum atomic E-state index is -0.828. The molecule has 3 atom stereocenters. The molecule has 174 valence electrons. The summed E-state index contributed by atoms with van der Waals surface area (Å²) in [6.45, 7) is 8.98. The van der Waals surface area contributed by atoms with Gasteiger partial charge in [0.1, 0.15) is 11.6 Å². The van der Waals surface area contributed by atoms with Crippen molar-refractivity contribution >= 4 is 5.91 Å². The van der Waals surface area contributed by atoms with Gasteiger partial charge in [0, 0.05) is 31.5 Å². The van der Waals surface area contributed by atoms with Gasteiger partial charge in [-0.1, -0.05) is 45.0 Å². The highest BCUT2D eigenvalue weighted by molar-refractivity contribution is 5.73. The molecule has 0 saturated heterocycles. The molecule has 0 fully saturated rings. The number of ether oxygens (including phenoxy) is 1. The molecule has 3 unspecified atom stereocenters. The van der Waals surface area contributed by atoms with Gasteiger partial charge in [-0.25, -0.2) is 4.39 Å². The van der Waals surface area contributed by atoms with Gasteiger partial charge in [0.05, 0.1) is 18.8 Å². The number of fused-ring (bicyclic) bond motifs is 1. The number of benzene rings is 2. The Morgan fingerprint density at radius 1 is 1.22 bits per heavy atom. The van der Waals surface area contributed by atoms with E-state index in [9.17, 15) is 14.3 Å². The Kier molecular flexibility index (Phi) is 7.91. The molecular formula is C26H35FN2O3. The van der Waals surface area contributed by atoms with Gasteiger partial charge in [-0.05, 0) is 47.6 Å². The first kappa shape index (κ1) is 24.2. The number of halogens is 1. The van der Waals surface area contributed by atoms with Crippen molar-refractivity contribution in [3.05, 3.63) is 65.0 Å². The van der Waals surface area contributed by atoms with Crippen LogP contribution in [-0.2, 0) is 17.6 Å². The van der Waals surface area contributed by atoms with E-state index in [4.69, 9.17) is 4.74 Å². The number of rotatable bonds is 8. The molecule has 0 radical (unpaired) electrons. The monoisotopic (exact) mass is 442 g/mol. The minimum absolute atomic E-state index is 0.0560. The van der Waals surface area contributed by atoms with Gasteiger partial charge in [0.25, 0.3) is 0 Å². The Morgan fingerprint density at radius 2 is 2.00 bits per heavy atom. The number of nitrogens with one attached hydrogen (secondary N) is 2. The largest absolute Gasteiger partial charge is 0.493 e. The fraction of sp³-hybridized carbons (Fsp3) is 0.500.